The SMILES string of the molecule is COc1ccc(C2=NN3[C@H](C2)c2ccccc2O[C@]32CCOC(C)(C)C2)cc1OC. The van der Waals surface area contributed by atoms with E-state index in [9.17, 15) is 0 Å². The van der Waals surface area contributed by atoms with E-state index in [4.69, 9.17) is 24.0 Å². The first-order chi connectivity index (χ1) is 14.4. The predicted molar refractivity (Wildman–Crippen MR) is 114 cm³/mol. The van der Waals surface area contributed by atoms with Gasteiger partial charge in [-0.05, 0) is 38.1 Å². The van der Waals surface area contributed by atoms with Crippen LogP contribution in [0.1, 0.15) is 50.3 Å². The van der Waals surface area contributed by atoms with E-state index in [1.807, 2.05) is 24.3 Å². The summed E-state index contributed by atoms with van der Waals surface area (Å²) in [6, 6.07) is 14.5. The molecule has 5 rings (SSSR count). The average Bonchev–Trinajstić information content (AvgIpc) is 3.19. The van der Waals surface area contributed by atoms with E-state index in [1.54, 1.807) is 14.2 Å². The van der Waals surface area contributed by atoms with Crippen LogP contribution in [-0.2, 0) is 4.74 Å². The van der Waals surface area contributed by atoms with Gasteiger partial charge in [0.1, 0.15) is 5.75 Å². The van der Waals surface area contributed by atoms with Crippen molar-refractivity contribution in [3.63, 3.8) is 0 Å². The van der Waals surface area contributed by atoms with Crippen molar-refractivity contribution < 1.29 is 18.9 Å². The standard InChI is InChI=1S/C24H28N2O4/c1-23(2)15-24(11-12-29-23)26-19(17-7-5-6-8-20(17)30-24)14-18(25-26)16-9-10-21(27-3)22(13-16)28-4/h5-10,13,19H,11-12,14-15H2,1-4H3/t19-,24+/m1/s1. The summed E-state index contributed by atoms with van der Waals surface area (Å²) in [5.74, 6) is 2.38. The van der Waals surface area contributed by atoms with Crippen LogP contribution in [0.5, 0.6) is 17.2 Å². The topological polar surface area (TPSA) is 52.5 Å². The molecule has 1 spiro atoms. The zero-order chi connectivity index (χ0) is 20.9. The summed E-state index contributed by atoms with van der Waals surface area (Å²) in [4.78, 5) is 0. The van der Waals surface area contributed by atoms with Crippen molar-refractivity contribution >= 4 is 5.71 Å². The molecule has 30 heavy (non-hydrogen) atoms. The molecule has 1 fully saturated rings. The maximum Gasteiger partial charge on any atom is 0.203 e. The molecule has 3 aliphatic heterocycles. The Morgan fingerprint density at radius 1 is 1.07 bits per heavy atom. The van der Waals surface area contributed by atoms with E-state index in [-0.39, 0.29) is 11.6 Å². The molecule has 0 N–H and O–H groups in total. The quantitative estimate of drug-likeness (QED) is 0.747. The molecule has 3 aliphatic rings. The first-order valence-corrected chi connectivity index (χ1v) is 10.5. The molecule has 0 aliphatic carbocycles. The number of hydrogen-bond acceptors (Lipinski definition) is 6. The van der Waals surface area contributed by atoms with Crippen LogP contribution in [0, 0.1) is 0 Å². The van der Waals surface area contributed by atoms with Crippen molar-refractivity contribution in [2.45, 2.75) is 50.5 Å². The second-order valence-corrected chi connectivity index (χ2v) is 8.80. The van der Waals surface area contributed by atoms with Gasteiger partial charge in [0.25, 0.3) is 0 Å². The Kier molecular flexibility index (Phi) is 4.43. The van der Waals surface area contributed by atoms with Gasteiger partial charge in [-0.15, -0.1) is 0 Å². The number of fused-ring (bicyclic) bond motifs is 4. The zero-order valence-electron chi connectivity index (χ0n) is 18.0. The van der Waals surface area contributed by atoms with Gasteiger partial charge in [-0.25, -0.2) is 5.01 Å². The highest BCUT2D eigenvalue weighted by Gasteiger charge is 2.54. The minimum absolute atomic E-state index is 0.145. The summed E-state index contributed by atoms with van der Waals surface area (Å²) >= 11 is 0. The van der Waals surface area contributed by atoms with E-state index in [0.29, 0.717) is 18.1 Å². The molecule has 0 bridgehead atoms. The number of hydrazone groups is 1. The zero-order valence-corrected chi connectivity index (χ0v) is 18.0. The molecule has 2 aromatic carbocycles. The summed E-state index contributed by atoms with van der Waals surface area (Å²) in [6.45, 7) is 4.91. The van der Waals surface area contributed by atoms with Gasteiger partial charge < -0.3 is 18.9 Å². The average molecular weight is 408 g/mol. The summed E-state index contributed by atoms with van der Waals surface area (Å²) < 4.78 is 23.6. The molecule has 1 saturated heterocycles. The lowest BCUT2D eigenvalue weighted by Crippen LogP contribution is -2.60. The minimum Gasteiger partial charge on any atom is -0.493 e. The third kappa shape index (κ3) is 3.01. The monoisotopic (exact) mass is 408 g/mol. The summed E-state index contributed by atoms with van der Waals surface area (Å²) in [7, 11) is 3.31. The van der Waals surface area contributed by atoms with Crippen molar-refractivity contribution in [3.05, 3.63) is 53.6 Å². The molecule has 2 atom stereocenters. The van der Waals surface area contributed by atoms with Gasteiger partial charge in [-0.2, -0.15) is 5.10 Å². The number of hydrogen-bond donors (Lipinski definition) is 0. The Labute approximate surface area is 177 Å². The van der Waals surface area contributed by atoms with E-state index in [1.165, 1.54) is 5.56 Å². The van der Waals surface area contributed by atoms with Crippen LogP contribution in [0.4, 0.5) is 0 Å². The number of para-hydroxylation sites is 1. The van der Waals surface area contributed by atoms with Gasteiger partial charge in [0.05, 0.1) is 38.2 Å². The van der Waals surface area contributed by atoms with Crippen LogP contribution < -0.4 is 14.2 Å². The van der Waals surface area contributed by atoms with Crippen LogP contribution in [0.25, 0.3) is 0 Å². The Morgan fingerprint density at radius 2 is 1.87 bits per heavy atom. The lowest BCUT2D eigenvalue weighted by molar-refractivity contribution is -0.212. The second-order valence-electron chi connectivity index (χ2n) is 8.80. The van der Waals surface area contributed by atoms with Crippen LogP contribution in [0.3, 0.4) is 0 Å². The molecule has 0 unspecified atom stereocenters. The molecule has 3 heterocycles. The first-order valence-electron chi connectivity index (χ1n) is 10.5. The minimum atomic E-state index is -0.501. The fourth-order valence-electron chi connectivity index (χ4n) is 4.99. The van der Waals surface area contributed by atoms with Gasteiger partial charge in [-0.1, -0.05) is 18.2 Å². The fraction of sp³-hybridized carbons (Fsp3) is 0.458. The van der Waals surface area contributed by atoms with Crippen molar-refractivity contribution in [2.24, 2.45) is 5.10 Å². The molecule has 158 valence electrons. The molecule has 0 amide bonds. The number of benzene rings is 2. The second kappa shape index (κ2) is 6.91. The van der Waals surface area contributed by atoms with E-state index < -0.39 is 5.72 Å². The Balaban J connectivity index is 1.58. The molecular formula is C24H28N2O4. The lowest BCUT2D eigenvalue weighted by atomic mass is 9.86. The van der Waals surface area contributed by atoms with Gasteiger partial charge >= 0.3 is 0 Å². The highest BCUT2D eigenvalue weighted by atomic mass is 16.5. The molecule has 6 heteroatoms. The van der Waals surface area contributed by atoms with E-state index in [0.717, 1.165) is 36.3 Å². The summed E-state index contributed by atoms with van der Waals surface area (Å²) in [5, 5.41) is 7.33. The van der Waals surface area contributed by atoms with Gasteiger partial charge in [0.15, 0.2) is 11.5 Å². The highest BCUT2D eigenvalue weighted by molar-refractivity contribution is 6.02. The molecule has 0 saturated carbocycles. The molecule has 0 aromatic heterocycles. The number of ether oxygens (including phenoxy) is 4. The Morgan fingerprint density at radius 3 is 2.63 bits per heavy atom. The van der Waals surface area contributed by atoms with Crippen LogP contribution >= 0.6 is 0 Å². The van der Waals surface area contributed by atoms with Crippen LogP contribution in [-0.4, -0.2) is 42.9 Å². The van der Waals surface area contributed by atoms with Crippen molar-refractivity contribution in [1.82, 2.24) is 5.01 Å². The van der Waals surface area contributed by atoms with Crippen molar-refractivity contribution in [1.29, 1.82) is 0 Å². The van der Waals surface area contributed by atoms with E-state index in [2.05, 4.69) is 37.1 Å². The van der Waals surface area contributed by atoms with E-state index >= 15 is 0 Å². The van der Waals surface area contributed by atoms with Crippen molar-refractivity contribution in [3.8, 4) is 17.2 Å². The number of nitrogens with zero attached hydrogens (tertiary/aromatic N) is 2. The van der Waals surface area contributed by atoms with Crippen molar-refractivity contribution in [2.75, 3.05) is 20.8 Å². The normalized spacial score (nSPS) is 26.5. The maximum atomic E-state index is 6.67. The lowest BCUT2D eigenvalue weighted by Gasteiger charge is -2.52. The number of methoxy groups -OCH3 is 2. The highest BCUT2D eigenvalue weighted by Crippen LogP contribution is 2.51. The van der Waals surface area contributed by atoms with Crippen LogP contribution in [0.15, 0.2) is 47.6 Å². The smallest absolute Gasteiger partial charge is 0.203 e. The predicted octanol–water partition coefficient (Wildman–Crippen LogP) is 4.53. The Bertz CT molecular complexity index is 1000. The summed E-state index contributed by atoms with van der Waals surface area (Å²) in [6.07, 6.45) is 2.36. The fourth-order valence-corrected chi connectivity index (χ4v) is 4.99. The first kappa shape index (κ1) is 19.2. The largest absolute Gasteiger partial charge is 0.493 e. The molecule has 0 radical (unpaired) electrons. The number of rotatable bonds is 3. The molecule has 2 aromatic rings. The summed E-state index contributed by atoms with van der Waals surface area (Å²) in [5.41, 5.74) is 2.49. The maximum absolute atomic E-state index is 6.67. The molecule has 6 nitrogen and oxygen atoms in total. The molecular weight excluding hydrogens is 380 g/mol. The third-order valence-corrected chi connectivity index (χ3v) is 6.31. The van der Waals surface area contributed by atoms with Gasteiger partial charge in [-0.3, -0.25) is 0 Å². The van der Waals surface area contributed by atoms with Gasteiger partial charge in [0.2, 0.25) is 5.72 Å². The third-order valence-electron chi connectivity index (χ3n) is 6.31. The van der Waals surface area contributed by atoms with Crippen LogP contribution in [0.2, 0.25) is 0 Å². The van der Waals surface area contributed by atoms with Gasteiger partial charge in [0, 0.05) is 30.4 Å². The Hall–Kier alpha value is -2.73.